The molecule has 0 bridgehead atoms. The van der Waals surface area contributed by atoms with E-state index in [4.69, 9.17) is 4.74 Å². The van der Waals surface area contributed by atoms with Crippen molar-refractivity contribution in [3.05, 3.63) is 58.4 Å². The van der Waals surface area contributed by atoms with Crippen molar-refractivity contribution < 1.29 is 19.4 Å². The number of aryl methyl sites for hydroxylation is 1. The van der Waals surface area contributed by atoms with E-state index in [1.807, 2.05) is 12.1 Å². The highest BCUT2D eigenvalue weighted by Crippen LogP contribution is 2.21. The van der Waals surface area contributed by atoms with Crippen molar-refractivity contribution >= 4 is 28.4 Å². The standard InChI is InChI=1S/C20H18N4O4/c1-10-17(12(3)25)11(2)22-18(10)20(27)28-9-16(26)13(8-21)19-23-14-6-4-5-7-15(14)24-19/h4-7,22,26H,9H2,1-3H3,(H,23,24). The molecule has 0 fully saturated rings. The maximum absolute atomic E-state index is 12.3. The van der Waals surface area contributed by atoms with Crippen LogP contribution in [0.25, 0.3) is 16.6 Å². The number of H-pyrrole nitrogens is 2. The number of aromatic nitrogens is 3. The van der Waals surface area contributed by atoms with Gasteiger partial charge in [0.05, 0.1) is 11.0 Å². The number of benzene rings is 1. The number of aliphatic hydroxyl groups is 1. The molecule has 0 aliphatic rings. The molecule has 1 aromatic carbocycles. The largest absolute Gasteiger partial charge is 0.507 e. The van der Waals surface area contributed by atoms with Crippen molar-refractivity contribution in [3.8, 4) is 6.07 Å². The highest BCUT2D eigenvalue weighted by molar-refractivity contribution is 6.01. The number of nitrogens with one attached hydrogen (secondary N) is 2. The molecule has 8 nitrogen and oxygen atoms in total. The van der Waals surface area contributed by atoms with Crippen LogP contribution in [0.2, 0.25) is 0 Å². The van der Waals surface area contributed by atoms with Crippen LogP contribution in [-0.2, 0) is 4.74 Å². The number of carbonyl (C=O) groups is 2. The van der Waals surface area contributed by atoms with E-state index in [1.54, 1.807) is 32.0 Å². The number of rotatable bonds is 5. The van der Waals surface area contributed by atoms with Crippen LogP contribution in [0.3, 0.4) is 0 Å². The number of hydrogen-bond donors (Lipinski definition) is 3. The first-order valence-electron chi connectivity index (χ1n) is 8.48. The van der Waals surface area contributed by atoms with E-state index >= 15 is 0 Å². The summed E-state index contributed by atoms with van der Waals surface area (Å²) in [5, 5.41) is 19.6. The Kier molecular flexibility index (Phi) is 5.00. The smallest absolute Gasteiger partial charge is 0.355 e. The summed E-state index contributed by atoms with van der Waals surface area (Å²) in [6.07, 6.45) is 0. The molecule has 0 spiro atoms. The Bertz CT molecular complexity index is 1130. The van der Waals surface area contributed by atoms with Crippen LogP contribution in [0.5, 0.6) is 0 Å². The highest BCUT2D eigenvalue weighted by Gasteiger charge is 2.22. The molecular weight excluding hydrogens is 360 g/mol. The van der Waals surface area contributed by atoms with Gasteiger partial charge in [0.2, 0.25) is 0 Å². The van der Waals surface area contributed by atoms with Crippen LogP contribution in [0.15, 0.2) is 30.0 Å². The molecule has 142 valence electrons. The minimum Gasteiger partial charge on any atom is -0.507 e. The Morgan fingerprint density at radius 3 is 2.57 bits per heavy atom. The SMILES string of the molecule is CC(=O)c1c(C)[nH]c(C(=O)OCC(O)=C(C#N)c2nc3ccccc3[nH]2)c1C. The molecule has 2 aromatic heterocycles. The lowest BCUT2D eigenvalue weighted by molar-refractivity contribution is 0.0495. The predicted molar refractivity (Wildman–Crippen MR) is 102 cm³/mol. The van der Waals surface area contributed by atoms with Gasteiger partial charge in [-0.2, -0.15) is 5.26 Å². The molecule has 0 unspecified atom stereocenters. The summed E-state index contributed by atoms with van der Waals surface area (Å²) in [7, 11) is 0. The number of aliphatic hydroxyl groups excluding tert-OH is 1. The summed E-state index contributed by atoms with van der Waals surface area (Å²) in [6, 6.07) is 9.06. The summed E-state index contributed by atoms with van der Waals surface area (Å²) in [5.41, 5.74) is 2.86. The van der Waals surface area contributed by atoms with Crippen LogP contribution in [0.1, 0.15) is 44.9 Å². The number of allylic oxidation sites excluding steroid dienone is 1. The predicted octanol–water partition coefficient (Wildman–Crippen LogP) is 3.36. The number of ketones is 1. The van der Waals surface area contributed by atoms with Crippen molar-refractivity contribution in [2.75, 3.05) is 6.61 Å². The highest BCUT2D eigenvalue weighted by atomic mass is 16.5. The van der Waals surface area contributed by atoms with Crippen LogP contribution in [0, 0.1) is 25.2 Å². The summed E-state index contributed by atoms with van der Waals surface area (Å²) in [6.45, 7) is 4.24. The first-order chi connectivity index (χ1) is 13.3. The van der Waals surface area contributed by atoms with Crippen molar-refractivity contribution in [3.63, 3.8) is 0 Å². The Morgan fingerprint density at radius 1 is 1.25 bits per heavy atom. The van der Waals surface area contributed by atoms with Gasteiger partial charge < -0.3 is 19.8 Å². The van der Waals surface area contributed by atoms with Crippen LogP contribution < -0.4 is 0 Å². The first-order valence-corrected chi connectivity index (χ1v) is 8.48. The van der Waals surface area contributed by atoms with Crippen LogP contribution in [0.4, 0.5) is 0 Å². The lowest BCUT2D eigenvalue weighted by Crippen LogP contribution is -2.11. The number of para-hydroxylation sites is 2. The van der Waals surface area contributed by atoms with E-state index in [1.165, 1.54) is 6.92 Å². The third kappa shape index (κ3) is 3.38. The molecule has 3 N–H and O–H groups in total. The fourth-order valence-electron chi connectivity index (χ4n) is 3.09. The van der Waals surface area contributed by atoms with Crippen molar-refractivity contribution in [2.24, 2.45) is 0 Å². The van der Waals surface area contributed by atoms with Gasteiger partial charge in [-0.3, -0.25) is 4.79 Å². The number of carbonyl (C=O) groups excluding carboxylic acids is 2. The molecule has 0 aliphatic heterocycles. The number of Topliss-reactive ketones (excluding diaryl/α,β-unsaturated/α-hetero) is 1. The summed E-state index contributed by atoms with van der Waals surface area (Å²) in [5.74, 6) is -1.14. The molecule has 0 aliphatic carbocycles. The van der Waals surface area contributed by atoms with Gasteiger partial charge in [0.25, 0.3) is 0 Å². The van der Waals surface area contributed by atoms with Crippen LogP contribution in [-0.4, -0.2) is 38.4 Å². The van der Waals surface area contributed by atoms with E-state index in [9.17, 15) is 20.0 Å². The molecule has 0 radical (unpaired) electrons. The quantitative estimate of drug-likeness (QED) is 0.270. The van der Waals surface area contributed by atoms with E-state index in [0.29, 0.717) is 27.9 Å². The fraction of sp³-hybridized carbons (Fsp3) is 0.200. The monoisotopic (exact) mass is 378 g/mol. The van der Waals surface area contributed by atoms with Gasteiger partial charge in [0.15, 0.2) is 17.4 Å². The second-order valence-corrected chi connectivity index (χ2v) is 6.29. The minimum absolute atomic E-state index is 0.118. The number of fused-ring (bicyclic) bond motifs is 1. The number of nitrogens with zero attached hydrogens (tertiary/aromatic N) is 2. The van der Waals surface area contributed by atoms with Gasteiger partial charge in [-0.15, -0.1) is 0 Å². The molecular formula is C20H18N4O4. The molecule has 8 heteroatoms. The van der Waals surface area contributed by atoms with Crippen molar-refractivity contribution in [1.29, 1.82) is 5.26 Å². The molecule has 0 saturated heterocycles. The number of hydrogen-bond acceptors (Lipinski definition) is 6. The molecule has 3 rings (SSSR count). The number of ether oxygens (including phenoxy) is 1. The Balaban J connectivity index is 1.82. The van der Waals surface area contributed by atoms with E-state index < -0.39 is 18.3 Å². The third-order valence-corrected chi connectivity index (χ3v) is 4.36. The van der Waals surface area contributed by atoms with Crippen molar-refractivity contribution in [1.82, 2.24) is 15.0 Å². The lowest BCUT2D eigenvalue weighted by atomic mass is 10.1. The molecule has 3 aromatic rings. The average molecular weight is 378 g/mol. The molecule has 0 atom stereocenters. The molecule has 0 saturated carbocycles. The summed E-state index contributed by atoms with van der Waals surface area (Å²) < 4.78 is 5.12. The summed E-state index contributed by atoms with van der Waals surface area (Å²) >= 11 is 0. The topological polar surface area (TPSA) is 132 Å². The van der Waals surface area contributed by atoms with Gasteiger partial charge in [-0.05, 0) is 38.5 Å². The van der Waals surface area contributed by atoms with Gasteiger partial charge >= 0.3 is 5.97 Å². The molecule has 28 heavy (non-hydrogen) atoms. The van der Waals surface area contributed by atoms with Crippen LogP contribution >= 0.6 is 0 Å². The zero-order valence-electron chi connectivity index (χ0n) is 15.6. The first kappa shape index (κ1) is 18.9. The fourth-order valence-corrected chi connectivity index (χ4v) is 3.09. The van der Waals surface area contributed by atoms with Crippen molar-refractivity contribution in [2.45, 2.75) is 20.8 Å². The average Bonchev–Trinajstić information content (AvgIpc) is 3.20. The number of nitriles is 1. The van der Waals surface area contributed by atoms with E-state index in [0.717, 1.165) is 0 Å². The lowest BCUT2D eigenvalue weighted by Gasteiger charge is -2.05. The zero-order chi connectivity index (χ0) is 20.4. The Labute approximate surface area is 160 Å². The Morgan fingerprint density at radius 2 is 1.96 bits per heavy atom. The van der Waals surface area contributed by atoms with Gasteiger partial charge in [-0.25, -0.2) is 9.78 Å². The maximum Gasteiger partial charge on any atom is 0.355 e. The van der Waals surface area contributed by atoms with Gasteiger partial charge in [-0.1, -0.05) is 12.1 Å². The number of aromatic amines is 2. The number of imidazole rings is 1. The van der Waals surface area contributed by atoms with E-state index in [2.05, 4.69) is 15.0 Å². The second-order valence-electron chi connectivity index (χ2n) is 6.29. The normalized spacial score (nSPS) is 11.8. The molecule has 0 amide bonds. The number of esters is 1. The van der Waals surface area contributed by atoms with Gasteiger partial charge in [0.1, 0.15) is 23.9 Å². The minimum atomic E-state index is -0.735. The maximum atomic E-state index is 12.3. The third-order valence-electron chi connectivity index (χ3n) is 4.36. The van der Waals surface area contributed by atoms with E-state index in [-0.39, 0.29) is 22.9 Å². The Hall–Kier alpha value is -3.86. The van der Waals surface area contributed by atoms with Gasteiger partial charge in [0, 0.05) is 11.3 Å². The second kappa shape index (κ2) is 7.40. The molecule has 2 heterocycles. The zero-order valence-corrected chi connectivity index (χ0v) is 15.6. The summed E-state index contributed by atoms with van der Waals surface area (Å²) in [4.78, 5) is 34.1.